The van der Waals surface area contributed by atoms with Gasteiger partial charge in [0.15, 0.2) is 0 Å². The number of rotatable bonds is 12. The molecule has 2 N–H and O–H groups in total. The van der Waals surface area contributed by atoms with Crippen molar-refractivity contribution in [1.29, 1.82) is 0 Å². The molecule has 8 heteroatoms. The molecule has 0 saturated heterocycles. The zero-order valence-corrected chi connectivity index (χ0v) is 17.0. The summed E-state index contributed by atoms with van der Waals surface area (Å²) in [4.78, 5) is 47.2. The molecule has 31 heavy (non-hydrogen) atoms. The lowest BCUT2D eigenvalue weighted by atomic mass is 10.1. The molecule has 1 unspecified atom stereocenters. The number of aliphatic carboxylic acids is 1. The number of hydrogen-bond acceptors (Lipinski definition) is 6. The molecule has 164 valence electrons. The molecule has 2 aromatic carbocycles. The van der Waals surface area contributed by atoms with E-state index in [-0.39, 0.29) is 38.9 Å². The van der Waals surface area contributed by atoms with E-state index in [0.29, 0.717) is 0 Å². The van der Waals surface area contributed by atoms with Gasteiger partial charge in [0.25, 0.3) is 0 Å². The third-order valence-corrected chi connectivity index (χ3v) is 4.29. The highest BCUT2D eigenvalue weighted by Crippen LogP contribution is 2.08. The van der Waals surface area contributed by atoms with Crippen LogP contribution in [0.25, 0.3) is 0 Å². The largest absolute Gasteiger partial charge is 0.481 e. The number of benzene rings is 2. The van der Waals surface area contributed by atoms with E-state index in [4.69, 9.17) is 14.6 Å². The highest BCUT2D eigenvalue weighted by molar-refractivity contribution is 5.86. The number of ether oxygens (including phenoxy) is 2. The van der Waals surface area contributed by atoms with Gasteiger partial charge in [0.1, 0.15) is 19.3 Å². The minimum Gasteiger partial charge on any atom is -0.481 e. The Balaban J connectivity index is 1.88. The van der Waals surface area contributed by atoms with Crippen molar-refractivity contribution in [3.8, 4) is 0 Å². The molecule has 0 radical (unpaired) electrons. The van der Waals surface area contributed by atoms with Crippen LogP contribution in [0.5, 0.6) is 0 Å². The Labute approximate surface area is 180 Å². The third kappa shape index (κ3) is 9.58. The van der Waals surface area contributed by atoms with Gasteiger partial charge in [-0.2, -0.15) is 0 Å². The van der Waals surface area contributed by atoms with E-state index in [0.717, 1.165) is 11.1 Å². The van der Waals surface area contributed by atoms with Crippen LogP contribution in [0.1, 0.15) is 36.8 Å². The monoisotopic (exact) mass is 427 g/mol. The average molecular weight is 427 g/mol. The predicted octanol–water partition coefficient (Wildman–Crippen LogP) is 2.60. The van der Waals surface area contributed by atoms with Gasteiger partial charge < -0.3 is 19.9 Å². The van der Waals surface area contributed by atoms with Gasteiger partial charge in [-0.05, 0) is 17.5 Å². The van der Waals surface area contributed by atoms with Crippen LogP contribution in [0.3, 0.4) is 0 Å². The third-order valence-electron chi connectivity index (χ3n) is 4.29. The van der Waals surface area contributed by atoms with Crippen molar-refractivity contribution in [1.82, 2.24) is 5.32 Å². The minimum absolute atomic E-state index is 0.0135. The van der Waals surface area contributed by atoms with Crippen molar-refractivity contribution in [3.05, 3.63) is 71.8 Å². The molecule has 0 bridgehead atoms. The number of hydrogen-bond donors (Lipinski definition) is 2. The molecule has 2 aromatic rings. The summed E-state index contributed by atoms with van der Waals surface area (Å²) >= 11 is 0. The first kappa shape index (κ1) is 23.6. The fourth-order valence-electron chi connectivity index (χ4n) is 2.64. The van der Waals surface area contributed by atoms with Gasteiger partial charge in [-0.1, -0.05) is 60.7 Å². The first-order valence-corrected chi connectivity index (χ1v) is 9.85. The summed E-state index contributed by atoms with van der Waals surface area (Å²) in [6.07, 6.45) is -0.788. The van der Waals surface area contributed by atoms with Gasteiger partial charge in [-0.15, -0.1) is 0 Å². The van der Waals surface area contributed by atoms with Gasteiger partial charge in [-0.3, -0.25) is 14.4 Å². The van der Waals surface area contributed by atoms with Gasteiger partial charge >= 0.3 is 17.9 Å². The van der Waals surface area contributed by atoms with Crippen molar-refractivity contribution in [3.63, 3.8) is 0 Å². The van der Waals surface area contributed by atoms with Crippen molar-refractivity contribution in [2.75, 3.05) is 0 Å². The molecule has 1 amide bonds. The molecule has 0 aliphatic carbocycles. The molecule has 0 aliphatic rings. The molecule has 0 saturated carbocycles. The zero-order valence-electron chi connectivity index (χ0n) is 17.0. The minimum atomic E-state index is -1.12. The second kappa shape index (κ2) is 12.8. The van der Waals surface area contributed by atoms with Crippen molar-refractivity contribution in [2.45, 2.75) is 44.9 Å². The molecular formula is C23H25NO7. The normalized spacial score (nSPS) is 11.2. The van der Waals surface area contributed by atoms with E-state index >= 15 is 0 Å². The zero-order chi connectivity index (χ0) is 22.5. The first-order valence-electron chi connectivity index (χ1n) is 9.85. The lowest BCUT2D eigenvalue weighted by Crippen LogP contribution is -2.42. The van der Waals surface area contributed by atoms with Gasteiger partial charge in [-0.25, -0.2) is 4.79 Å². The summed E-state index contributed by atoms with van der Waals surface area (Å²) in [5, 5.41) is 11.2. The second-order valence-corrected chi connectivity index (χ2v) is 6.79. The maximum Gasteiger partial charge on any atom is 0.328 e. The summed E-state index contributed by atoms with van der Waals surface area (Å²) in [5.74, 6) is -2.96. The molecule has 0 aromatic heterocycles. The number of carbonyl (C=O) groups excluding carboxylic acids is 3. The molecular weight excluding hydrogens is 402 g/mol. The van der Waals surface area contributed by atoms with Crippen LogP contribution in [0.4, 0.5) is 0 Å². The Morgan fingerprint density at radius 1 is 0.774 bits per heavy atom. The van der Waals surface area contributed by atoms with Gasteiger partial charge in [0, 0.05) is 12.8 Å². The van der Waals surface area contributed by atoms with Crippen LogP contribution in [-0.2, 0) is 41.9 Å². The maximum absolute atomic E-state index is 12.5. The van der Waals surface area contributed by atoms with Crippen molar-refractivity contribution < 1.29 is 33.8 Å². The summed E-state index contributed by atoms with van der Waals surface area (Å²) in [5.41, 5.74) is 1.60. The molecule has 1 atom stereocenters. The van der Waals surface area contributed by atoms with Crippen molar-refractivity contribution >= 4 is 23.8 Å². The van der Waals surface area contributed by atoms with Crippen LogP contribution >= 0.6 is 0 Å². The van der Waals surface area contributed by atoms with Crippen LogP contribution in [0, 0.1) is 0 Å². The number of amides is 1. The van der Waals surface area contributed by atoms with Crippen LogP contribution in [0.2, 0.25) is 0 Å². The smallest absolute Gasteiger partial charge is 0.328 e. The van der Waals surface area contributed by atoms with Crippen LogP contribution < -0.4 is 5.32 Å². The second-order valence-electron chi connectivity index (χ2n) is 6.79. The predicted molar refractivity (Wildman–Crippen MR) is 111 cm³/mol. The van der Waals surface area contributed by atoms with Gasteiger partial charge in [0.05, 0.1) is 6.42 Å². The summed E-state index contributed by atoms with van der Waals surface area (Å²) in [6.45, 7) is 0.118. The molecule has 0 fully saturated rings. The van der Waals surface area contributed by atoms with Gasteiger partial charge in [0.2, 0.25) is 5.91 Å². The summed E-state index contributed by atoms with van der Waals surface area (Å²) < 4.78 is 10.4. The fraction of sp³-hybridized carbons (Fsp3) is 0.304. The van der Waals surface area contributed by atoms with E-state index < -0.39 is 29.9 Å². The standard InChI is InChI=1S/C23H25NO7/c25-20(12-13-21(26)27)24-19(23(29)31-16-18-9-5-2-6-10-18)11-14-22(28)30-15-17-7-3-1-4-8-17/h1-10,19H,11-16H2,(H,24,25)(H,26,27). The highest BCUT2D eigenvalue weighted by atomic mass is 16.5. The van der Waals surface area contributed by atoms with Crippen LogP contribution in [0.15, 0.2) is 60.7 Å². The highest BCUT2D eigenvalue weighted by Gasteiger charge is 2.24. The fourth-order valence-corrected chi connectivity index (χ4v) is 2.64. The Morgan fingerprint density at radius 2 is 1.32 bits per heavy atom. The number of carbonyl (C=O) groups is 4. The average Bonchev–Trinajstić information content (AvgIpc) is 2.78. The Morgan fingerprint density at radius 3 is 1.87 bits per heavy atom. The van der Waals surface area contributed by atoms with E-state index in [1.807, 2.05) is 36.4 Å². The Kier molecular flexibility index (Phi) is 9.74. The molecule has 0 heterocycles. The van der Waals surface area contributed by atoms with E-state index in [9.17, 15) is 19.2 Å². The number of carboxylic acids is 1. The SMILES string of the molecule is O=C(O)CCC(=O)NC(CCC(=O)OCc1ccccc1)C(=O)OCc1ccccc1. The molecule has 0 aliphatic heterocycles. The van der Waals surface area contributed by atoms with Crippen LogP contribution in [-0.4, -0.2) is 35.0 Å². The van der Waals surface area contributed by atoms with E-state index in [1.165, 1.54) is 0 Å². The van der Waals surface area contributed by atoms with E-state index in [1.54, 1.807) is 24.3 Å². The lowest BCUT2D eigenvalue weighted by Gasteiger charge is -2.17. The molecule has 2 rings (SSSR count). The molecule has 8 nitrogen and oxygen atoms in total. The lowest BCUT2D eigenvalue weighted by molar-refractivity contribution is -0.150. The summed E-state index contributed by atoms with van der Waals surface area (Å²) in [6, 6.07) is 17.1. The Hall–Kier alpha value is -3.68. The number of nitrogens with one attached hydrogen (secondary N) is 1. The quantitative estimate of drug-likeness (QED) is 0.500. The topological polar surface area (TPSA) is 119 Å². The molecule has 0 spiro atoms. The summed E-state index contributed by atoms with van der Waals surface area (Å²) in [7, 11) is 0. The number of carboxylic acid groups (broad SMARTS) is 1. The first-order chi connectivity index (χ1) is 14.9. The van der Waals surface area contributed by atoms with E-state index in [2.05, 4.69) is 5.32 Å². The Bertz CT molecular complexity index is 868. The number of esters is 2. The maximum atomic E-state index is 12.5. The van der Waals surface area contributed by atoms with Crippen molar-refractivity contribution in [2.24, 2.45) is 0 Å².